The summed E-state index contributed by atoms with van der Waals surface area (Å²) >= 11 is 13.7. The van der Waals surface area contributed by atoms with Crippen LogP contribution in [-0.4, -0.2) is 33.7 Å². The van der Waals surface area contributed by atoms with Gasteiger partial charge in [-0.25, -0.2) is 4.99 Å². The Hall–Kier alpha value is -2.15. The van der Waals surface area contributed by atoms with Crippen molar-refractivity contribution in [3.05, 3.63) is 63.4 Å². The second-order valence-corrected chi connectivity index (χ2v) is 9.75. The van der Waals surface area contributed by atoms with Gasteiger partial charge in [0.2, 0.25) is 0 Å². The molecule has 1 heterocycles. The number of ether oxygens (including phenoxy) is 1. The van der Waals surface area contributed by atoms with Crippen molar-refractivity contribution in [2.75, 3.05) is 7.05 Å². The Morgan fingerprint density at radius 2 is 1.84 bits per heavy atom. The number of halogens is 2. The number of aliphatic imine (C=N–C) groups is 1. The molecular formula is C23H26Cl2N4OS. The average Bonchev–Trinajstić information content (AvgIpc) is 3.19. The Bertz CT molecular complexity index is 1080. The Morgan fingerprint density at radius 3 is 2.48 bits per heavy atom. The predicted molar refractivity (Wildman–Crippen MR) is 131 cm³/mol. The van der Waals surface area contributed by atoms with E-state index >= 15 is 0 Å². The fourth-order valence-corrected chi connectivity index (χ4v) is 3.75. The minimum Gasteiger partial charge on any atom is -0.428 e. The number of aryl methyl sites for hydroxylation is 1. The van der Waals surface area contributed by atoms with Crippen LogP contribution in [0.5, 0.6) is 10.9 Å². The minimum absolute atomic E-state index is 0.367. The molecule has 31 heavy (non-hydrogen) atoms. The highest BCUT2D eigenvalue weighted by atomic mass is 35.5. The third-order valence-corrected chi connectivity index (χ3v) is 6.32. The van der Waals surface area contributed by atoms with Gasteiger partial charge in [0.1, 0.15) is 5.75 Å². The molecule has 3 rings (SSSR count). The van der Waals surface area contributed by atoms with Crippen molar-refractivity contribution in [2.45, 2.75) is 46.1 Å². The Morgan fingerprint density at radius 1 is 1.16 bits per heavy atom. The summed E-state index contributed by atoms with van der Waals surface area (Å²) in [5, 5.41) is 1.61. The molecule has 5 nitrogen and oxygen atoms in total. The second kappa shape index (κ2) is 9.55. The van der Waals surface area contributed by atoms with Gasteiger partial charge in [0, 0.05) is 29.6 Å². The monoisotopic (exact) mass is 476 g/mol. The lowest BCUT2D eigenvalue weighted by Gasteiger charge is -2.21. The highest BCUT2D eigenvalue weighted by Crippen LogP contribution is 2.37. The lowest BCUT2D eigenvalue weighted by Crippen LogP contribution is -2.24. The van der Waals surface area contributed by atoms with Crippen LogP contribution in [0.1, 0.15) is 44.6 Å². The summed E-state index contributed by atoms with van der Waals surface area (Å²) in [5.41, 5.74) is 2.44. The van der Waals surface area contributed by atoms with E-state index in [4.69, 9.17) is 27.9 Å². The van der Waals surface area contributed by atoms with Gasteiger partial charge < -0.3 is 9.64 Å². The van der Waals surface area contributed by atoms with Gasteiger partial charge in [0.05, 0.1) is 22.5 Å². The maximum atomic E-state index is 6.47. The van der Waals surface area contributed by atoms with Gasteiger partial charge >= 0.3 is 0 Å². The van der Waals surface area contributed by atoms with Crippen LogP contribution >= 0.6 is 34.7 Å². The lowest BCUT2D eigenvalue weighted by molar-refractivity contribution is 0.429. The van der Waals surface area contributed by atoms with Crippen LogP contribution < -0.4 is 4.74 Å². The van der Waals surface area contributed by atoms with Gasteiger partial charge in [0.15, 0.2) is 5.82 Å². The van der Waals surface area contributed by atoms with Crippen molar-refractivity contribution >= 4 is 46.8 Å². The molecule has 0 aliphatic heterocycles. The van der Waals surface area contributed by atoms with E-state index in [9.17, 15) is 0 Å². The first-order valence-corrected chi connectivity index (χ1v) is 11.4. The van der Waals surface area contributed by atoms with E-state index in [-0.39, 0.29) is 5.41 Å². The van der Waals surface area contributed by atoms with Crippen LogP contribution in [-0.2, 0) is 5.41 Å². The molecule has 0 N–H and O–H groups in total. The van der Waals surface area contributed by atoms with Crippen LogP contribution in [0, 0.1) is 6.92 Å². The number of aromatic nitrogens is 2. The van der Waals surface area contributed by atoms with E-state index in [0.717, 1.165) is 16.8 Å². The molecule has 0 aliphatic carbocycles. The second-order valence-electron chi connectivity index (χ2n) is 8.19. The Kier molecular flexibility index (Phi) is 7.24. The summed E-state index contributed by atoms with van der Waals surface area (Å²) in [5.74, 6) is 1.21. The third kappa shape index (κ3) is 5.56. The molecule has 8 heteroatoms. The molecule has 0 spiro atoms. The fourth-order valence-electron chi connectivity index (χ4n) is 2.74. The summed E-state index contributed by atoms with van der Waals surface area (Å²) in [6.45, 7) is 10.3. The maximum absolute atomic E-state index is 6.47. The van der Waals surface area contributed by atoms with E-state index in [2.05, 4.69) is 42.0 Å². The number of hydrogen-bond acceptors (Lipinski definition) is 5. The van der Waals surface area contributed by atoms with Gasteiger partial charge in [-0.1, -0.05) is 35.3 Å². The number of nitrogens with zero attached hydrogens (tertiary/aromatic N) is 4. The summed E-state index contributed by atoms with van der Waals surface area (Å²) in [7, 11) is 1.99. The van der Waals surface area contributed by atoms with E-state index in [1.807, 2.05) is 49.2 Å². The van der Waals surface area contributed by atoms with E-state index in [1.54, 1.807) is 12.4 Å². The highest BCUT2D eigenvalue weighted by Gasteiger charge is 2.28. The summed E-state index contributed by atoms with van der Waals surface area (Å²) in [6, 6.07) is 11.7. The summed E-state index contributed by atoms with van der Waals surface area (Å²) in [4.78, 5) is 11.2. The molecule has 0 amide bonds. The zero-order valence-corrected chi connectivity index (χ0v) is 20.8. The van der Waals surface area contributed by atoms with Gasteiger partial charge in [-0.3, -0.25) is 0 Å². The molecule has 0 saturated heterocycles. The van der Waals surface area contributed by atoms with Crippen LogP contribution in [0.3, 0.4) is 0 Å². The minimum atomic E-state index is -0.385. The molecule has 2 aromatic carbocycles. The van der Waals surface area contributed by atoms with E-state index < -0.39 is 0 Å². The molecular weight excluding hydrogens is 451 g/mol. The molecule has 0 bridgehead atoms. The lowest BCUT2D eigenvalue weighted by atomic mass is 9.84. The first-order valence-electron chi connectivity index (χ1n) is 9.92. The maximum Gasteiger partial charge on any atom is 0.298 e. The van der Waals surface area contributed by atoms with Crippen LogP contribution in [0.2, 0.25) is 10.0 Å². The van der Waals surface area contributed by atoms with Crippen molar-refractivity contribution < 1.29 is 4.74 Å². The zero-order valence-electron chi connectivity index (χ0n) is 18.5. The largest absolute Gasteiger partial charge is 0.428 e. The van der Waals surface area contributed by atoms with Crippen LogP contribution in [0.4, 0.5) is 5.69 Å². The highest BCUT2D eigenvalue weighted by molar-refractivity contribution is 7.07. The van der Waals surface area contributed by atoms with Crippen molar-refractivity contribution in [3.8, 4) is 10.9 Å². The molecule has 164 valence electrons. The molecule has 1 aromatic heterocycles. The van der Waals surface area contributed by atoms with Gasteiger partial charge in [-0.2, -0.15) is 9.36 Å². The normalized spacial score (nSPS) is 12.0. The quantitative estimate of drug-likeness (QED) is 0.265. The van der Waals surface area contributed by atoms with Gasteiger partial charge in [0.25, 0.3) is 5.19 Å². The standard InChI is InChI=1S/C23H26Cl2N4OS/c1-14(2)29(6)13-26-19-12-18(25)20(11-15(19)3)30-22-27-21(28-31-22)23(4,5)16-7-9-17(24)10-8-16/h7-14H,1-6H3/b26-13-. The van der Waals surface area contributed by atoms with Crippen molar-refractivity contribution in [1.82, 2.24) is 14.3 Å². The van der Waals surface area contributed by atoms with E-state index in [1.165, 1.54) is 11.5 Å². The molecule has 0 aliphatic rings. The molecule has 0 unspecified atom stereocenters. The number of hydrogen-bond donors (Lipinski definition) is 0. The van der Waals surface area contributed by atoms with Crippen molar-refractivity contribution in [1.29, 1.82) is 0 Å². The van der Waals surface area contributed by atoms with E-state index in [0.29, 0.717) is 32.9 Å². The fraction of sp³-hybridized carbons (Fsp3) is 0.348. The van der Waals surface area contributed by atoms with Gasteiger partial charge in [-0.05, 0) is 70.0 Å². The van der Waals surface area contributed by atoms with Crippen molar-refractivity contribution in [2.24, 2.45) is 4.99 Å². The Labute approximate surface area is 197 Å². The number of benzene rings is 2. The molecule has 3 aromatic rings. The smallest absolute Gasteiger partial charge is 0.298 e. The topological polar surface area (TPSA) is 50.6 Å². The first-order chi connectivity index (χ1) is 14.6. The van der Waals surface area contributed by atoms with Crippen molar-refractivity contribution in [3.63, 3.8) is 0 Å². The number of rotatable bonds is 7. The first kappa shape index (κ1) is 23.5. The SMILES string of the molecule is Cc1cc(Oc2nc(C(C)(C)c3ccc(Cl)cc3)ns2)c(Cl)cc1/N=C\N(C)C(C)C. The Balaban J connectivity index is 1.80. The molecule has 0 radical (unpaired) electrons. The van der Waals surface area contributed by atoms with Crippen LogP contribution in [0.25, 0.3) is 0 Å². The average molecular weight is 477 g/mol. The molecule has 0 atom stereocenters. The molecule has 0 saturated carbocycles. The zero-order chi connectivity index (χ0) is 22.8. The summed E-state index contributed by atoms with van der Waals surface area (Å²) in [6.07, 6.45) is 1.81. The molecule has 0 fully saturated rings. The summed E-state index contributed by atoms with van der Waals surface area (Å²) < 4.78 is 10.5. The third-order valence-electron chi connectivity index (χ3n) is 5.17. The van der Waals surface area contributed by atoms with Gasteiger partial charge in [-0.15, -0.1) is 0 Å². The predicted octanol–water partition coefficient (Wildman–Crippen LogP) is 7.27. The van der Waals surface area contributed by atoms with Crippen LogP contribution in [0.15, 0.2) is 41.4 Å².